The smallest absolute Gasteiger partial charge is 0.307 e. The van der Waals surface area contributed by atoms with Gasteiger partial charge in [-0.25, -0.2) is 0 Å². The monoisotopic (exact) mass is 345 g/mol. The molecule has 1 aromatic carbocycles. The van der Waals surface area contributed by atoms with E-state index in [-0.39, 0.29) is 24.3 Å². The Hall–Kier alpha value is -2.10. The van der Waals surface area contributed by atoms with Crippen molar-refractivity contribution in [3.05, 3.63) is 41.5 Å². The Bertz CT molecular complexity index is 575. The lowest BCUT2D eigenvalue weighted by Gasteiger charge is -2.27. The van der Waals surface area contributed by atoms with Gasteiger partial charge in [0.1, 0.15) is 0 Å². The first kappa shape index (κ1) is 20.9. The van der Waals surface area contributed by atoms with Crippen molar-refractivity contribution in [3.63, 3.8) is 0 Å². The van der Waals surface area contributed by atoms with Crippen molar-refractivity contribution in [2.75, 3.05) is 13.2 Å². The summed E-state index contributed by atoms with van der Waals surface area (Å²) in [4.78, 5) is 25.9. The van der Waals surface area contributed by atoms with Gasteiger partial charge < -0.3 is 9.64 Å². The van der Waals surface area contributed by atoms with E-state index in [0.717, 1.165) is 12.0 Å². The van der Waals surface area contributed by atoms with Crippen molar-refractivity contribution in [2.45, 2.75) is 59.4 Å². The number of esters is 1. The molecule has 4 nitrogen and oxygen atoms in total. The summed E-state index contributed by atoms with van der Waals surface area (Å²) in [6.45, 7) is 10.9. The van der Waals surface area contributed by atoms with Crippen LogP contribution in [0.3, 0.4) is 0 Å². The quantitative estimate of drug-likeness (QED) is 0.492. The molecule has 1 rings (SSSR count). The highest BCUT2D eigenvalue weighted by Gasteiger charge is 2.18. The molecule has 0 fully saturated rings. The van der Waals surface area contributed by atoms with Crippen molar-refractivity contribution in [1.82, 2.24) is 4.90 Å². The lowest BCUT2D eigenvalue weighted by atomic mass is 10.0. The maximum atomic E-state index is 12.5. The highest BCUT2D eigenvalue weighted by atomic mass is 16.5. The number of nitrogens with zero attached hydrogens (tertiary/aromatic N) is 1. The summed E-state index contributed by atoms with van der Waals surface area (Å²) in [6.07, 6.45) is 4.47. The molecule has 0 saturated heterocycles. The van der Waals surface area contributed by atoms with Gasteiger partial charge in [0, 0.05) is 18.7 Å². The third-order valence-electron chi connectivity index (χ3n) is 4.29. The minimum absolute atomic E-state index is 0.0772. The van der Waals surface area contributed by atoms with E-state index in [1.54, 1.807) is 17.9 Å². The fourth-order valence-corrected chi connectivity index (χ4v) is 2.47. The number of hydrogen-bond donors (Lipinski definition) is 0. The van der Waals surface area contributed by atoms with Gasteiger partial charge in [-0.1, -0.05) is 45.0 Å². The third-order valence-corrected chi connectivity index (χ3v) is 4.29. The van der Waals surface area contributed by atoms with Gasteiger partial charge in [0.2, 0.25) is 5.91 Å². The molecular formula is C21H31NO3. The predicted octanol–water partition coefficient (Wildman–Crippen LogP) is 4.40. The second-order valence-corrected chi connectivity index (χ2v) is 6.50. The average molecular weight is 345 g/mol. The lowest BCUT2D eigenvalue weighted by molar-refractivity contribution is -0.144. The largest absolute Gasteiger partial charge is 0.466 e. The fourth-order valence-electron chi connectivity index (χ4n) is 2.47. The van der Waals surface area contributed by atoms with Crippen LogP contribution in [0.5, 0.6) is 0 Å². The molecule has 0 aliphatic heterocycles. The van der Waals surface area contributed by atoms with E-state index in [2.05, 4.69) is 26.0 Å². The first-order valence-electron chi connectivity index (χ1n) is 9.13. The number of carbonyl (C=O) groups is 2. The van der Waals surface area contributed by atoms with Gasteiger partial charge in [-0.15, -0.1) is 0 Å². The SMILES string of the molecule is CCOC(=O)CCN(C(=O)/C=C/c1ccc(C(C)C)cc1)C(C)CC. The Balaban J connectivity index is 2.74. The molecule has 0 bridgehead atoms. The molecule has 0 N–H and O–H groups in total. The average Bonchev–Trinajstić information content (AvgIpc) is 2.60. The van der Waals surface area contributed by atoms with Crippen LogP contribution in [-0.4, -0.2) is 36.0 Å². The molecule has 1 amide bonds. The summed E-state index contributed by atoms with van der Waals surface area (Å²) in [6, 6.07) is 8.29. The van der Waals surface area contributed by atoms with E-state index in [9.17, 15) is 9.59 Å². The maximum absolute atomic E-state index is 12.5. The van der Waals surface area contributed by atoms with Crippen molar-refractivity contribution < 1.29 is 14.3 Å². The van der Waals surface area contributed by atoms with Crippen LogP contribution < -0.4 is 0 Å². The summed E-state index contributed by atoms with van der Waals surface area (Å²) < 4.78 is 4.95. The van der Waals surface area contributed by atoms with Crippen LogP contribution in [-0.2, 0) is 14.3 Å². The van der Waals surface area contributed by atoms with E-state index in [1.165, 1.54) is 5.56 Å². The molecule has 0 aliphatic carbocycles. The molecule has 0 aliphatic rings. The van der Waals surface area contributed by atoms with Gasteiger partial charge in [0.15, 0.2) is 0 Å². The number of rotatable bonds is 9. The third kappa shape index (κ3) is 7.12. The molecule has 1 atom stereocenters. The highest BCUT2D eigenvalue weighted by molar-refractivity contribution is 5.92. The van der Waals surface area contributed by atoms with Crippen molar-refractivity contribution in [3.8, 4) is 0 Å². The molecule has 25 heavy (non-hydrogen) atoms. The van der Waals surface area contributed by atoms with Gasteiger partial charge in [0.25, 0.3) is 0 Å². The normalized spacial score (nSPS) is 12.4. The summed E-state index contributed by atoms with van der Waals surface area (Å²) in [5, 5.41) is 0. The Morgan fingerprint density at radius 3 is 2.28 bits per heavy atom. The molecule has 0 aromatic heterocycles. The van der Waals surface area contributed by atoms with Crippen molar-refractivity contribution in [2.24, 2.45) is 0 Å². The zero-order valence-corrected chi connectivity index (χ0v) is 16.1. The molecule has 1 aromatic rings. The van der Waals surface area contributed by atoms with Crippen LogP contribution in [0.2, 0.25) is 0 Å². The summed E-state index contributed by atoms with van der Waals surface area (Å²) in [5.74, 6) is 0.145. The fraction of sp³-hybridized carbons (Fsp3) is 0.524. The lowest BCUT2D eigenvalue weighted by Crippen LogP contribution is -2.38. The van der Waals surface area contributed by atoms with Crippen LogP contribution >= 0.6 is 0 Å². The minimum Gasteiger partial charge on any atom is -0.466 e. The number of benzene rings is 1. The zero-order valence-electron chi connectivity index (χ0n) is 16.1. The first-order valence-corrected chi connectivity index (χ1v) is 9.13. The molecule has 138 valence electrons. The second-order valence-electron chi connectivity index (χ2n) is 6.50. The van der Waals surface area contributed by atoms with Gasteiger partial charge >= 0.3 is 5.97 Å². The van der Waals surface area contributed by atoms with Crippen molar-refractivity contribution in [1.29, 1.82) is 0 Å². The van der Waals surface area contributed by atoms with Crippen LogP contribution in [0.1, 0.15) is 64.5 Å². The Labute approximate surface area is 151 Å². The van der Waals surface area contributed by atoms with Crippen molar-refractivity contribution >= 4 is 18.0 Å². The summed E-state index contributed by atoms with van der Waals surface area (Å²) in [5.41, 5.74) is 2.27. The number of ether oxygens (including phenoxy) is 1. The molecule has 0 radical (unpaired) electrons. The van der Waals surface area contributed by atoms with E-state index in [1.807, 2.05) is 32.1 Å². The number of carbonyl (C=O) groups excluding carboxylic acids is 2. The standard InChI is InChI=1S/C21H31NO3/c1-6-17(5)22(15-14-21(24)25-7-2)20(23)13-10-18-8-11-19(12-9-18)16(3)4/h8-13,16-17H,6-7,14-15H2,1-5H3/b13-10+. The van der Waals surface area contributed by atoms with Gasteiger partial charge in [-0.3, -0.25) is 9.59 Å². The maximum Gasteiger partial charge on any atom is 0.307 e. The summed E-state index contributed by atoms with van der Waals surface area (Å²) in [7, 11) is 0. The Kier molecular flexibility index (Phi) is 8.96. The van der Waals surface area contributed by atoms with Crippen LogP contribution in [0.15, 0.2) is 30.3 Å². The predicted molar refractivity (Wildman–Crippen MR) is 102 cm³/mol. The Morgan fingerprint density at radius 1 is 1.12 bits per heavy atom. The first-order chi connectivity index (χ1) is 11.9. The molecule has 0 heterocycles. The van der Waals surface area contributed by atoms with E-state index < -0.39 is 0 Å². The molecule has 1 unspecified atom stereocenters. The molecule has 0 spiro atoms. The minimum atomic E-state index is -0.267. The second kappa shape index (κ2) is 10.7. The Morgan fingerprint density at radius 2 is 1.76 bits per heavy atom. The highest BCUT2D eigenvalue weighted by Crippen LogP contribution is 2.15. The number of hydrogen-bond acceptors (Lipinski definition) is 3. The van der Waals surface area contributed by atoms with E-state index >= 15 is 0 Å². The van der Waals surface area contributed by atoms with Crippen LogP contribution in [0.4, 0.5) is 0 Å². The van der Waals surface area contributed by atoms with Gasteiger partial charge in [-0.2, -0.15) is 0 Å². The summed E-state index contributed by atoms with van der Waals surface area (Å²) >= 11 is 0. The van der Waals surface area contributed by atoms with Gasteiger partial charge in [-0.05, 0) is 43.4 Å². The molecule has 4 heteroatoms. The van der Waals surface area contributed by atoms with E-state index in [0.29, 0.717) is 19.1 Å². The van der Waals surface area contributed by atoms with Crippen LogP contribution in [0, 0.1) is 0 Å². The molecular weight excluding hydrogens is 314 g/mol. The molecule has 0 saturated carbocycles. The zero-order chi connectivity index (χ0) is 18.8. The van der Waals surface area contributed by atoms with Crippen LogP contribution in [0.25, 0.3) is 6.08 Å². The van der Waals surface area contributed by atoms with E-state index in [4.69, 9.17) is 4.74 Å². The topological polar surface area (TPSA) is 46.6 Å². The van der Waals surface area contributed by atoms with Gasteiger partial charge in [0.05, 0.1) is 13.0 Å². The number of amides is 1.